The maximum atomic E-state index is 6.12. The van der Waals surface area contributed by atoms with Crippen molar-refractivity contribution in [2.45, 2.75) is 33.2 Å². The molecule has 3 heteroatoms. The topological polar surface area (TPSA) is 21.3 Å². The van der Waals surface area contributed by atoms with E-state index in [2.05, 4.69) is 50.4 Å². The molecule has 2 aromatic rings. The van der Waals surface area contributed by atoms with Crippen LogP contribution in [0.5, 0.6) is 5.75 Å². The van der Waals surface area contributed by atoms with Gasteiger partial charge in [0.1, 0.15) is 5.75 Å². The molecule has 0 aliphatic carbocycles. The van der Waals surface area contributed by atoms with Crippen LogP contribution >= 0.6 is 11.6 Å². The predicted octanol–water partition coefficient (Wildman–Crippen LogP) is 5.61. The Labute approximate surface area is 132 Å². The van der Waals surface area contributed by atoms with Gasteiger partial charge in [-0.25, -0.2) is 0 Å². The van der Waals surface area contributed by atoms with Crippen LogP contribution in [-0.2, 0) is 0 Å². The number of nitrogens with one attached hydrogen (secondary N) is 1. The average Bonchev–Trinajstić information content (AvgIpc) is 2.47. The number of hydrogen-bond donors (Lipinski definition) is 1. The first-order valence-corrected chi connectivity index (χ1v) is 7.74. The van der Waals surface area contributed by atoms with E-state index in [1.165, 1.54) is 11.1 Å². The molecule has 0 aliphatic rings. The molecule has 1 unspecified atom stereocenters. The highest BCUT2D eigenvalue weighted by atomic mass is 35.5. The highest BCUT2D eigenvalue weighted by molar-refractivity contribution is 6.30. The van der Waals surface area contributed by atoms with Gasteiger partial charge in [-0.15, -0.1) is 0 Å². The minimum atomic E-state index is 0.189. The highest BCUT2D eigenvalue weighted by Crippen LogP contribution is 2.32. The summed E-state index contributed by atoms with van der Waals surface area (Å²) in [5.74, 6) is 0.849. The fourth-order valence-electron chi connectivity index (χ4n) is 2.34. The van der Waals surface area contributed by atoms with Gasteiger partial charge in [0.2, 0.25) is 0 Å². The Morgan fingerprint density at radius 3 is 2.67 bits per heavy atom. The van der Waals surface area contributed by atoms with Gasteiger partial charge in [0, 0.05) is 11.1 Å². The standard InChI is InChI=1S/C18H22ClNO/c1-4-11-21-18-10-9-15(19)12-17(18)20-14(3)16-8-6-5-7-13(16)2/h5-10,12,14,20H,4,11H2,1-3H3. The summed E-state index contributed by atoms with van der Waals surface area (Å²) in [6.07, 6.45) is 0.982. The lowest BCUT2D eigenvalue weighted by Crippen LogP contribution is -2.09. The van der Waals surface area contributed by atoms with Gasteiger partial charge in [-0.1, -0.05) is 42.8 Å². The zero-order valence-electron chi connectivity index (χ0n) is 12.8. The van der Waals surface area contributed by atoms with E-state index in [1.54, 1.807) is 0 Å². The third-order valence-corrected chi connectivity index (χ3v) is 3.67. The first kappa shape index (κ1) is 15.7. The fraction of sp³-hybridized carbons (Fsp3) is 0.333. The molecule has 0 aliphatic heterocycles. The van der Waals surface area contributed by atoms with Crippen LogP contribution in [0.3, 0.4) is 0 Å². The van der Waals surface area contributed by atoms with E-state index >= 15 is 0 Å². The van der Waals surface area contributed by atoms with Crippen LogP contribution in [0.2, 0.25) is 5.02 Å². The van der Waals surface area contributed by atoms with Crippen molar-refractivity contribution in [3.8, 4) is 5.75 Å². The first-order chi connectivity index (χ1) is 10.1. The fourth-order valence-corrected chi connectivity index (χ4v) is 2.51. The Kier molecular flexibility index (Phi) is 5.51. The minimum absolute atomic E-state index is 0.189. The summed E-state index contributed by atoms with van der Waals surface area (Å²) in [7, 11) is 0. The van der Waals surface area contributed by atoms with Crippen molar-refractivity contribution in [3.05, 3.63) is 58.6 Å². The molecule has 0 spiro atoms. The average molecular weight is 304 g/mol. The molecule has 2 nitrogen and oxygen atoms in total. The molecule has 0 amide bonds. The lowest BCUT2D eigenvalue weighted by molar-refractivity contribution is 0.318. The Morgan fingerprint density at radius 2 is 1.95 bits per heavy atom. The molecule has 0 saturated heterocycles. The van der Waals surface area contributed by atoms with Crippen LogP contribution in [0.1, 0.15) is 37.4 Å². The van der Waals surface area contributed by atoms with Crippen molar-refractivity contribution in [2.24, 2.45) is 0 Å². The number of benzene rings is 2. The summed E-state index contributed by atoms with van der Waals surface area (Å²) in [5.41, 5.74) is 3.49. The van der Waals surface area contributed by atoms with Gasteiger partial charge < -0.3 is 10.1 Å². The highest BCUT2D eigenvalue weighted by Gasteiger charge is 2.11. The van der Waals surface area contributed by atoms with Crippen LogP contribution in [0.4, 0.5) is 5.69 Å². The number of ether oxygens (including phenoxy) is 1. The van der Waals surface area contributed by atoms with Crippen molar-refractivity contribution >= 4 is 17.3 Å². The summed E-state index contributed by atoms with van der Waals surface area (Å²) in [6.45, 7) is 7.07. The Bertz CT molecular complexity index is 598. The summed E-state index contributed by atoms with van der Waals surface area (Å²) in [4.78, 5) is 0. The minimum Gasteiger partial charge on any atom is -0.491 e. The summed E-state index contributed by atoms with van der Waals surface area (Å²) in [6, 6.07) is 14.3. The summed E-state index contributed by atoms with van der Waals surface area (Å²) in [5, 5.41) is 4.21. The van der Waals surface area contributed by atoms with Crippen LogP contribution in [0.25, 0.3) is 0 Å². The molecule has 0 fully saturated rings. The molecule has 0 aromatic heterocycles. The number of aryl methyl sites for hydroxylation is 1. The van der Waals surface area contributed by atoms with Crippen LogP contribution in [-0.4, -0.2) is 6.61 Å². The molecule has 2 aromatic carbocycles. The maximum absolute atomic E-state index is 6.12. The van der Waals surface area contributed by atoms with Gasteiger partial charge in [-0.05, 0) is 49.6 Å². The van der Waals surface area contributed by atoms with Gasteiger partial charge in [-0.2, -0.15) is 0 Å². The lowest BCUT2D eigenvalue weighted by Gasteiger charge is -2.20. The number of anilines is 1. The van der Waals surface area contributed by atoms with Gasteiger partial charge in [0.05, 0.1) is 12.3 Å². The van der Waals surface area contributed by atoms with Crippen LogP contribution < -0.4 is 10.1 Å². The molecule has 2 rings (SSSR count). The maximum Gasteiger partial charge on any atom is 0.142 e. The van der Waals surface area contributed by atoms with Gasteiger partial charge >= 0.3 is 0 Å². The van der Waals surface area contributed by atoms with Crippen molar-refractivity contribution in [3.63, 3.8) is 0 Å². The smallest absolute Gasteiger partial charge is 0.142 e. The SMILES string of the molecule is CCCOc1ccc(Cl)cc1NC(C)c1ccccc1C. The number of halogens is 1. The molecular weight excluding hydrogens is 282 g/mol. The quantitative estimate of drug-likeness (QED) is 0.749. The van der Waals surface area contributed by atoms with Crippen molar-refractivity contribution in [2.75, 3.05) is 11.9 Å². The second-order valence-electron chi connectivity index (χ2n) is 5.21. The third kappa shape index (κ3) is 4.15. The molecule has 0 heterocycles. The van der Waals surface area contributed by atoms with E-state index in [0.29, 0.717) is 11.6 Å². The monoisotopic (exact) mass is 303 g/mol. The predicted molar refractivity (Wildman–Crippen MR) is 90.5 cm³/mol. The van der Waals surface area contributed by atoms with Crippen molar-refractivity contribution < 1.29 is 4.74 Å². The number of rotatable bonds is 6. The van der Waals surface area contributed by atoms with E-state index in [-0.39, 0.29) is 6.04 Å². The molecule has 1 N–H and O–H groups in total. The summed E-state index contributed by atoms with van der Waals surface area (Å²) >= 11 is 6.12. The van der Waals surface area contributed by atoms with Crippen molar-refractivity contribution in [1.29, 1.82) is 0 Å². The molecule has 0 radical (unpaired) electrons. The molecular formula is C18H22ClNO. The largest absolute Gasteiger partial charge is 0.491 e. The van der Waals surface area contributed by atoms with Crippen LogP contribution in [0, 0.1) is 6.92 Å². The normalized spacial score (nSPS) is 12.0. The lowest BCUT2D eigenvalue weighted by atomic mass is 10.0. The molecule has 21 heavy (non-hydrogen) atoms. The Balaban J connectivity index is 2.21. The van der Waals surface area contributed by atoms with E-state index in [0.717, 1.165) is 17.9 Å². The zero-order valence-corrected chi connectivity index (χ0v) is 13.6. The molecule has 0 bridgehead atoms. The third-order valence-electron chi connectivity index (χ3n) is 3.43. The number of hydrogen-bond acceptors (Lipinski definition) is 2. The van der Waals surface area contributed by atoms with E-state index in [1.807, 2.05) is 18.2 Å². The Hall–Kier alpha value is -1.67. The molecule has 112 valence electrons. The molecule has 1 atom stereocenters. The zero-order chi connectivity index (χ0) is 15.2. The second-order valence-corrected chi connectivity index (χ2v) is 5.65. The van der Waals surface area contributed by atoms with Gasteiger partial charge in [0.15, 0.2) is 0 Å². The van der Waals surface area contributed by atoms with Gasteiger partial charge in [0.25, 0.3) is 0 Å². The van der Waals surface area contributed by atoms with E-state index < -0.39 is 0 Å². The Morgan fingerprint density at radius 1 is 1.19 bits per heavy atom. The molecule has 0 saturated carbocycles. The second kappa shape index (κ2) is 7.37. The van der Waals surface area contributed by atoms with E-state index in [4.69, 9.17) is 16.3 Å². The van der Waals surface area contributed by atoms with Gasteiger partial charge in [-0.3, -0.25) is 0 Å². The van der Waals surface area contributed by atoms with E-state index in [9.17, 15) is 0 Å². The first-order valence-electron chi connectivity index (χ1n) is 7.36. The summed E-state index contributed by atoms with van der Waals surface area (Å²) < 4.78 is 5.79. The van der Waals surface area contributed by atoms with Crippen LogP contribution in [0.15, 0.2) is 42.5 Å². The van der Waals surface area contributed by atoms with Crippen molar-refractivity contribution in [1.82, 2.24) is 0 Å².